The SMILES string of the molecule is Cc1nc(C(c2ccccc2)c2ccccc2)oc1C. The Hall–Kier alpha value is -2.35. The molecule has 0 aliphatic rings. The Morgan fingerprint density at radius 3 is 1.70 bits per heavy atom. The summed E-state index contributed by atoms with van der Waals surface area (Å²) in [7, 11) is 0. The van der Waals surface area contributed by atoms with Crippen molar-refractivity contribution in [1.82, 2.24) is 4.98 Å². The van der Waals surface area contributed by atoms with Gasteiger partial charge in [0, 0.05) is 0 Å². The predicted octanol–water partition coefficient (Wildman–Crippen LogP) is 4.47. The minimum Gasteiger partial charge on any atom is -0.445 e. The highest BCUT2D eigenvalue weighted by atomic mass is 16.4. The molecule has 0 saturated heterocycles. The van der Waals surface area contributed by atoms with Crippen LogP contribution in [0.15, 0.2) is 65.1 Å². The highest BCUT2D eigenvalue weighted by Crippen LogP contribution is 2.31. The number of oxazole rings is 1. The highest BCUT2D eigenvalue weighted by molar-refractivity contribution is 5.38. The fourth-order valence-corrected chi connectivity index (χ4v) is 2.39. The molecule has 20 heavy (non-hydrogen) atoms. The molecule has 2 aromatic carbocycles. The molecule has 0 bridgehead atoms. The smallest absolute Gasteiger partial charge is 0.206 e. The normalized spacial score (nSPS) is 10.9. The summed E-state index contributed by atoms with van der Waals surface area (Å²) in [4.78, 5) is 4.60. The molecule has 2 heteroatoms. The lowest BCUT2D eigenvalue weighted by molar-refractivity contribution is 0.465. The summed E-state index contributed by atoms with van der Waals surface area (Å²) >= 11 is 0. The molecule has 0 atom stereocenters. The summed E-state index contributed by atoms with van der Waals surface area (Å²) in [5.41, 5.74) is 3.34. The molecule has 3 aromatic rings. The fourth-order valence-electron chi connectivity index (χ4n) is 2.39. The molecular formula is C18H17NO. The van der Waals surface area contributed by atoms with Crippen LogP contribution in [0.3, 0.4) is 0 Å². The van der Waals surface area contributed by atoms with E-state index in [2.05, 4.69) is 29.2 Å². The number of aromatic nitrogens is 1. The van der Waals surface area contributed by atoms with E-state index in [0.29, 0.717) is 0 Å². The molecule has 3 rings (SSSR count). The van der Waals surface area contributed by atoms with E-state index < -0.39 is 0 Å². The lowest BCUT2D eigenvalue weighted by atomic mass is 9.91. The standard InChI is InChI=1S/C18H17NO/c1-13-14(2)20-18(19-13)17(15-9-5-3-6-10-15)16-11-7-4-8-12-16/h3-12,17H,1-2H3. The summed E-state index contributed by atoms with van der Waals surface area (Å²) < 4.78 is 5.87. The maximum atomic E-state index is 5.87. The molecule has 100 valence electrons. The summed E-state index contributed by atoms with van der Waals surface area (Å²) in [6.07, 6.45) is 0. The Morgan fingerprint density at radius 2 is 1.30 bits per heavy atom. The molecular weight excluding hydrogens is 246 g/mol. The first kappa shape index (κ1) is 12.7. The van der Waals surface area contributed by atoms with E-state index in [-0.39, 0.29) is 5.92 Å². The molecule has 0 radical (unpaired) electrons. The Bertz CT molecular complexity index is 627. The third-order valence-corrected chi connectivity index (χ3v) is 3.56. The molecule has 1 heterocycles. The van der Waals surface area contributed by atoms with Crippen LogP contribution in [0.5, 0.6) is 0 Å². The monoisotopic (exact) mass is 263 g/mol. The summed E-state index contributed by atoms with van der Waals surface area (Å²) in [6.45, 7) is 3.94. The van der Waals surface area contributed by atoms with Crippen molar-refractivity contribution in [2.45, 2.75) is 19.8 Å². The van der Waals surface area contributed by atoms with E-state index in [1.807, 2.05) is 50.2 Å². The minimum absolute atomic E-state index is 0.0461. The Balaban J connectivity index is 2.14. The lowest BCUT2D eigenvalue weighted by Gasteiger charge is -2.14. The number of benzene rings is 2. The zero-order valence-electron chi connectivity index (χ0n) is 11.7. The third kappa shape index (κ3) is 2.37. The van der Waals surface area contributed by atoms with Crippen LogP contribution < -0.4 is 0 Å². The van der Waals surface area contributed by atoms with Crippen LogP contribution >= 0.6 is 0 Å². The van der Waals surface area contributed by atoms with Crippen molar-refractivity contribution < 1.29 is 4.42 Å². The number of hydrogen-bond acceptors (Lipinski definition) is 2. The van der Waals surface area contributed by atoms with E-state index in [9.17, 15) is 0 Å². The molecule has 0 saturated carbocycles. The first-order valence-electron chi connectivity index (χ1n) is 6.79. The molecule has 2 nitrogen and oxygen atoms in total. The van der Waals surface area contributed by atoms with Crippen LogP contribution in [-0.2, 0) is 0 Å². The van der Waals surface area contributed by atoms with Gasteiger partial charge < -0.3 is 4.42 Å². The van der Waals surface area contributed by atoms with Crippen LogP contribution in [0.4, 0.5) is 0 Å². The Labute approximate surface area is 119 Å². The fraction of sp³-hybridized carbons (Fsp3) is 0.167. The summed E-state index contributed by atoms with van der Waals surface area (Å²) in [6, 6.07) is 20.7. The van der Waals surface area contributed by atoms with Crippen molar-refractivity contribution in [3.8, 4) is 0 Å². The van der Waals surface area contributed by atoms with Gasteiger partial charge in [0.25, 0.3) is 0 Å². The first-order chi connectivity index (χ1) is 9.75. The second-order valence-corrected chi connectivity index (χ2v) is 4.95. The summed E-state index contributed by atoms with van der Waals surface area (Å²) in [5.74, 6) is 1.69. The van der Waals surface area contributed by atoms with Crippen molar-refractivity contribution in [3.63, 3.8) is 0 Å². The van der Waals surface area contributed by atoms with Crippen LogP contribution in [-0.4, -0.2) is 4.98 Å². The molecule has 0 aliphatic heterocycles. The van der Waals surface area contributed by atoms with E-state index in [1.54, 1.807) is 0 Å². The van der Waals surface area contributed by atoms with Crippen LogP contribution in [0.2, 0.25) is 0 Å². The van der Waals surface area contributed by atoms with Crippen molar-refractivity contribution in [2.75, 3.05) is 0 Å². The van der Waals surface area contributed by atoms with Crippen molar-refractivity contribution >= 4 is 0 Å². The molecule has 0 amide bonds. The van der Waals surface area contributed by atoms with Gasteiger partial charge in [-0.25, -0.2) is 4.98 Å². The zero-order chi connectivity index (χ0) is 13.9. The van der Waals surface area contributed by atoms with Crippen LogP contribution in [0, 0.1) is 13.8 Å². The Kier molecular flexibility index (Phi) is 3.38. The lowest BCUT2D eigenvalue weighted by Crippen LogP contribution is -2.03. The van der Waals surface area contributed by atoms with Gasteiger partial charge in [0.1, 0.15) is 5.76 Å². The van der Waals surface area contributed by atoms with Crippen molar-refractivity contribution in [2.24, 2.45) is 0 Å². The van der Waals surface area contributed by atoms with Gasteiger partial charge in [-0.3, -0.25) is 0 Å². The molecule has 0 unspecified atom stereocenters. The van der Waals surface area contributed by atoms with Crippen molar-refractivity contribution in [3.05, 3.63) is 89.1 Å². The van der Waals surface area contributed by atoms with E-state index >= 15 is 0 Å². The van der Waals surface area contributed by atoms with Gasteiger partial charge in [0.15, 0.2) is 0 Å². The maximum absolute atomic E-state index is 5.87. The molecule has 0 spiro atoms. The number of nitrogens with zero attached hydrogens (tertiary/aromatic N) is 1. The average molecular weight is 263 g/mol. The summed E-state index contributed by atoms with van der Waals surface area (Å²) in [5, 5.41) is 0. The number of rotatable bonds is 3. The number of aryl methyl sites for hydroxylation is 2. The zero-order valence-corrected chi connectivity index (χ0v) is 11.7. The highest BCUT2D eigenvalue weighted by Gasteiger charge is 2.22. The van der Waals surface area contributed by atoms with Gasteiger partial charge in [-0.05, 0) is 25.0 Å². The third-order valence-electron chi connectivity index (χ3n) is 3.56. The minimum atomic E-state index is 0.0461. The molecule has 0 aliphatic carbocycles. The van der Waals surface area contributed by atoms with Crippen LogP contribution in [0.1, 0.15) is 34.4 Å². The van der Waals surface area contributed by atoms with E-state index in [0.717, 1.165) is 17.3 Å². The number of hydrogen-bond donors (Lipinski definition) is 0. The van der Waals surface area contributed by atoms with Crippen LogP contribution in [0.25, 0.3) is 0 Å². The van der Waals surface area contributed by atoms with E-state index in [1.165, 1.54) is 11.1 Å². The second kappa shape index (κ2) is 5.33. The van der Waals surface area contributed by atoms with Gasteiger partial charge >= 0.3 is 0 Å². The molecule has 0 N–H and O–H groups in total. The maximum Gasteiger partial charge on any atom is 0.206 e. The van der Waals surface area contributed by atoms with E-state index in [4.69, 9.17) is 4.42 Å². The van der Waals surface area contributed by atoms with Gasteiger partial charge in [0.05, 0.1) is 11.6 Å². The van der Waals surface area contributed by atoms with Gasteiger partial charge in [-0.15, -0.1) is 0 Å². The van der Waals surface area contributed by atoms with Gasteiger partial charge in [0.2, 0.25) is 5.89 Å². The molecule has 1 aromatic heterocycles. The molecule has 0 fully saturated rings. The van der Waals surface area contributed by atoms with Gasteiger partial charge in [-0.2, -0.15) is 0 Å². The largest absolute Gasteiger partial charge is 0.445 e. The van der Waals surface area contributed by atoms with Crippen molar-refractivity contribution in [1.29, 1.82) is 0 Å². The first-order valence-corrected chi connectivity index (χ1v) is 6.79. The topological polar surface area (TPSA) is 26.0 Å². The quantitative estimate of drug-likeness (QED) is 0.696. The average Bonchev–Trinajstić information content (AvgIpc) is 2.81. The predicted molar refractivity (Wildman–Crippen MR) is 79.8 cm³/mol. The second-order valence-electron chi connectivity index (χ2n) is 4.95. The Morgan fingerprint density at radius 1 is 0.800 bits per heavy atom. The van der Waals surface area contributed by atoms with Gasteiger partial charge in [-0.1, -0.05) is 60.7 Å².